The predicted molar refractivity (Wildman–Crippen MR) is 77.1 cm³/mol. The summed E-state index contributed by atoms with van der Waals surface area (Å²) in [6.45, 7) is 1.12. The predicted octanol–water partition coefficient (Wildman–Crippen LogP) is 2.23. The highest BCUT2D eigenvalue weighted by atomic mass is 35.5. The van der Waals surface area contributed by atoms with Crippen LogP contribution in [0.2, 0.25) is 0 Å². The smallest absolute Gasteiger partial charge is 0.243 e. The molecule has 1 aromatic carbocycles. The molecule has 1 saturated heterocycles. The zero-order valence-electron chi connectivity index (χ0n) is 11.6. The molecule has 1 heterocycles. The van der Waals surface area contributed by atoms with Crippen LogP contribution in [0.25, 0.3) is 0 Å². The van der Waals surface area contributed by atoms with Crippen molar-refractivity contribution >= 4 is 21.6 Å². The minimum absolute atomic E-state index is 0.156. The first-order valence-corrected chi connectivity index (χ1v) is 8.33. The minimum atomic E-state index is -3.49. The van der Waals surface area contributed by atoms with E-state index in [-0.39, 0.29) is 10.8 Å². The minimum Gasteiger partial charge on any atom is -0.493 e. The molecule has 7 heteroatoms. The Morgan fingerprint density at radius 2 is 1.85 bits per heavy atom. The fourth-order valence-corrected chi connectivity index (χ4v) is 4.12. The molecule has 2 rings (SSSR count). The molecule has 0 amide bonds. The summed E-state index contributed by atoms with van der Waals surface area (Å²) in [5.41, 5.74) is 0.603. The molecule has 1 fully saturated rings. The van der Waals surface area contributed by atoms with E-state index in [1.165, 1.54) is 24.6 Å². The van der Waals surface area contributed by atoms with Crippen LogP contribution in [-0.2, 0) is 15.9 Å². The van der Waals surface area contributed by atoms with Crippen LogP contribution >= 0.6 is 11.6 Å². The second kappa shape index (κ2) is 6.20. The van der Waals surface area contributed by atoms with Gasteiger partial charge in [-0.2, -0.15) is 4.31 Å². The van der Waals surface area contributed by atoms with E-state index in [4.69, 9.17) is 21.1 Å². The van der Waals surface area contributed by atoms with Crippen molar-refractivity contribution in [3.8, 4) is 11.5 Å². The molecular formula is C13H18ClNO4S. The summed E-state index contributed by atoms with van der Waals surface area (Å²) < 4.78 is 37.1. The van der Waals surface area contributed by atoms with Gasteiger partial charge in [0.25, 0.3) is 0 Å². The van der Waals surface area contributed by atoms with E-state index in [1.807, 2.05) is 0 Å². The zero-order valence-corrected chi connectivity index (χ0v) is 13.1. The number of halogens is 1. The Morgan fingerprint density at radius 1 is 1.20 bits per heavy atom. The molecule has 0 atom stereocenters. The van der Waals surface area contributed by atoms with Crippen molar-refractivity contribution in [2.45, 2.75) is 23.6 Å². The largest absolute Gasteiger partial charge is 0.493 e. The van der Waals surface area contributed by atoms with E-state index in [0.717, 1.165) is 12.8 Å². The molecule has 112 valence electrons. The molecule has 0 unspecified atom stereocenters. The number of benzene rings is 1. The lowest BCUT2D eigenvalue weighted by Crippen LogP contribution is -2.28. The summed E-state index contributed by atoms with van der Waals surface area (Å²) in [6, 6.07) is 3.05. The highest BCUT2D eigenvalue weighted by Crippen LogP contribution is 2.36. The standard InChI is InChI=1S/C13H18ClNO4S/c1-18-12-8-11(7-10(9-14)13(12)19-2)20(16,17)15-5-3-4-6-15/h7-8H,3-6,9H2,1-2H3. The maximum absolute atomic E-state index is 12.6. The molecule has 0 aliphatic carbocycles. The fraction of sp³-hybridized carbons (Fsp3) is 0.538. The van der Waals surface area contributed by atoms with Crippen LogP contribution < -0.4 is 9.47 Å². The highest BCUT2D eigenvalue weighted by Gasteiger charge is 2.29. The van der Waals surface area contributed by atoms with Gasteiger partial charge in [0.1, 0.15) is 0 Å². The average Bonchev–Trinajstić information content (AvgIpc) is 3.00. The van der Waals surface area contributed by atoms with E-state index < -0.39 is 10.0 Å². The monoisotopic (exact) mass is 319 g/mol. The van der Waals surface area contributed by atoms with E-state index in [2.05, 4.69) is 0 Å². The Kier molecular flexibility index (Phi) is 4.78. The molecule has 0 N–H and O–H groups in total. The van der Waals surface area contributed by atoms with Gasteiger partial charge in [0.2, 0.25) is 10.0 Å². The third-order valence-corrected chi connectivity index (χ3v) is 5.54. The van der Waals surface area contributed by atoms with Crippen molar-refractivity contribution in [2.75, 3.05) is 27.3 Å². The van der Waals surface area contributed by atoms with Crippen LogP contribution in [0.3, 0.4) is 0 Å². The third kappa shape index (κ3) is 2.73. The van der Waals surface area contributed by atoms with Crippen molar-refractivity contribution in [3.05, 3.63) is 17.7 Å². The van der Waals surface area contributed by atoms with Crippen LogP contribution in [0.15, 0.2) is 17.0 Å². The Balaban J connectivity index is 2.51. The van der Waals surface area contributed by atoms with Gasteiger partial charge in [-0.25, -0.2) is 8.42 Å². The van der Waals surface area contributed by atoms with Crippen molar-refractivity contribution in [1.82, 2.24) is 4.31 Å². The van der Waals surface area contributed by atoms with Crippen LogP contribution in [0.5, 0.6) is 11.5 Å². The lowest BCUT2D eigenvalue weighted by molar-refractivity contribution is 0.351. The van der Waals surface area contributed by atoms with Crippen LogP contribution in [0, 0.1) is 0 Å². The number of ether oxygens (including phenoxy) is 2. The van der Waals surface area contributed by atoms with Gasteiger partial charge in [0, 0.05) is 24.7 Å². The van der Waals surface area contributed by atoms with Gasteiger partial charge in [-0.15, -0.1) is 11.6 Å². The number of nitrogens with zero attached hydrogens (tertiary/aromatic N) is 1. The molecule has 1 aliphatic heterocycles. The summed E-state index contributed by atoms with van der Waals surface area (Å²) >= 11 is 5.88. The maximum Gasteiger partial charge on any atom is 0.243 e. The molecule has 5 nitrogen and oxygen atoms in total. The first kappa shape index (κ1) is 15.4. The summed E-state index contributed by atoms with van der Waals surface area (Å²) in [5.74, 6) is 1.01. The highest BCUT2D eigenvalue weighted by molar-refractivity contribution is 7.89. The number of sulfonamides is 1. The zero-order chi connectivity index (χ0) is 14.8. The van der Waals surface area contributed by atoms with Crippen LogP contribution in [-0.4, -0.2) is 40.0 Å². The van der Waals surface area contributed by atoms with E-state index in [9.17, 15) is 8.42 Å². The van der Waals surface area contributed by atoms with Gasteiger partial charge in [0.15, 0.2) is 11.5 Å². The second-order valence-electron chi connectivity index (χ2n) is 4.56. The average molecular weight is 320 g/mol. The van der Waals surface area contributed by atoms with Gasteiger partial charge >= 0.3 is 0 Å². The molecule has 0 radical (unpaired) electrons. The topological polar surface area (TPSA) is 55.8 Å². The quantitative estimate of drug-likeness (QED) is 0.781. The Labute approximate surface area is 124 Å². The molecule has 0 aromatic heterocycles. The number of hydrogen-bond donors (Lipinski definition) is 0. The molecule has 20 heavy (non-hydrogen) atoms. The molecule has 1 aliphatic rings. The van der Waals surface area contributed by atoms with Gasteiger partial charge in [-0.3, -0.25) is 0 Å². The molecule has 0 spiro atoms. The lowest BCUT2D eigenvalue weighted by atomic mass is 10.2. The molecule has 0 saturated carbocycles. The third-order valence-electron chi connectivity index (χ3n) is 3.38. The lowest BCUT2D eigenvalue weighted by Gasteiger charge is -2.18. The van der Waals surface area contributed by atoms with E-state index >= 15 is 0 Å². The fourth-order valence-electron chi connectivity index (χ4n) is 2.34. The van der Waals surface area contributed by atoms with Crippen LogP contribution in [0.1, 0.15) is 18.4 Å². The maximum atomic E-state index is 12.6. The van der Waals surface area contributed by atoms with E-state index in [1.54, 1.807) is 6.07 Å². The summed E-state index contributed by atoms with van der Waals surface area (Å²) in [7, 11) is -0.513. The molecule has 1 aromatic rings. The van der Waals surface area contributed by atoms with Crippen molar-refractivity contribution in [1.29, 1.82) is 0 Å². The van der Waals surface area contributed by atoms with Gasteiger partial charge in [-0.05, 0) is 18.9 Å². The number of hydrogen-bond acceptors (Lipinski definition) is 4. The van der Waals surface area contributed by atoms with Crippen LogP contribution in [0.4, 0.5) is 0 Å². The molecule has 0 bridgehead atoms. The number of rotatable bonds is 5. The van der Waals surface area contributed by atoms with Gasteiger partial charge in [0.05, 0.1) is 25.0 Å². The van der Waals surface area contributed by atoms with Gasteiger partial charge in [-0.1, -0.05) is 0 Å². The summed E-state index contributed by atoms with van der Waals surface area (Å²) in [4.78, 5) is 0.202. The number of alkyl halides is 1. The summed E-state index contributed by atoms with van der Waals surface area (Å²) in [5, 5.41) is 0. The Hall–Kier alpha value is -0.980. The second-order valence-corrected chi connectivity index (χ2v) is 6.77. The first-order chi connectivity index (χ1) is 9.54. The summed E-state index contributed by atoms with van der Waals surface area (Å²) in [6.07, 6.45) is 1.80. The number of methoxy groups -OCH3 is 2. The Morgan fingerprint density at radius 3 is 2.35 bits per heavy atom. The molecular weight excluding hydrogens is 302 g/mol. The first-order valence-electron chi connectivity index (χ1n) is 6.35. The van der Waals surface area contributed by atoms with E-state index in [0.29, 0.717) is 30.2 Å². The normalized spacial score (nSPS) is 16.4. The van der Waals surface area contributed by atoms with Crippen molar-refractivity contribution in [3.63, 3.8) is 0 Å². The van der Waals surface area contributed by atoms with Crippen molar-refractivity contribution < 1.29 is 17.9 Å². The van der Waals surface area contributed by atoms with Gasteiger partial charge < -0.3 is 9.47 Å². The SMILES string of the molecule is COc1cc(S(=O)(=O)N2CCCC2)cc(CCl)c1OC. The van der Waals surface area contributed by atoms with Crippen molar-refractivity contribution in [2.24, 2.45) is 0 Å². The Bertz CT molecular complexity index is 557.